The van der Waals surface area contributed by atoms with Crippen LogP contribution in [-0.2, 0) is 0 Å². The Labute approximate surface area is 85.0 Å². The molecule has 1 aromatic rings. The highest BCUT2D eigenvalue weighted by Crippen LogP contribution is 2.27. The molecule has 0 radical (unpaired) electrons. The van der Waals surface area contributed by atoms with E-state index in [9.17, 15) is 5.11 Å². The van der Waals surface area contributed by atoms with Crippen LogP contribution >= 0.6 is 0 Å². The van der Waals surface area contributed by atoms with E-state index in [0.29, 0.717) is 11.7 Å². The van der Waals surface area contributed by atoms with Crippen LogP contribution in [-0.4, -0.2) is 10.1 Å². The Bertz CT molecular complexity index is 290. The summed E-state index contributed by atoms with van der Waals surface area (Å²) in [6, 6.07) is 1.87. The number of nitrogens with two attached hydrogens (primary N) is 1. The molecule has 0 aliphatic carbocycles. The Morgan fingerprint density at radius 2 is 2.14 bits per heavy atom. The third-order valence-corrected chi connectivity index (χ3v) is 2.27. The third-order valence-electron chi connectivity index (χ3n) is 2.27. The van der Waals surface area contributed by atoms with E-state index in [1.54, 1.807) is 6.20 Å². The normalized spacial score (nSPS) is 13.2. The summed E-state index contributed by atoms with van der Waals surface area (Å²) < 4.78 is 0. The molecule has 0 aliphatic rings. The van der Waals surface area contributed by atoms with E-state index in [0.717, 1.165) is 17.5 Å². The minimum absolute atomic E-state index is 0.443. The first kappa shape index (κ1) is 11.0. The van der Waals surface area contributed by atoms with Crippen LogP contribution in [0.4, 0.5) is 5.82 Å². The van der Waals surface area contributed by atoms with Crippen molar-refractivity contribution in [2.75, 3.05) is 5.73 Å². The molecule has 1 atom stereocenters. The summed E-state index contributed by atoms with van der Waals surface area (Å²) >= 11 is 0. The number of aliphatic hydroxyl groups excluding tert-OH is 1. The first-order chi connectivity index (χ1) is 6.52. The van der Waals surface area contributed by atoms with Crippen LogP contribution in [0.15, 0.2) is 12.3 Å². The van der Waals surface area contributed by atoms with Gasteiger partial charge in [-0.05, 0) is 30.9 Å². The van der Waals surface area contributed by atoms with Gasteiger partial charge in [-0.25, -0.2) is 4.98 Å². The Morgan fingerprint density at radius 1 is 1.50 bits per heavy atom. The smallest absolute Gasteiger partial charge is 0.129 e. The summed E-state index contributed by atoms with van der Waals surface area (Å²) in [6.07, 6.45) is 1.89. The average Bonchev–Trinajstić information content (AvgIpc) is 2.01. The van der Waals surface area contributed by atoms with Gasteiger partial charge in [0.15, 0.2) is 0 Å². The lowest BCUT2D eigenvalue weighted by molar-refractivity contribution is 0.151. The average molecular weight is 194 g/mol. The van der Waals surface area contributed by atoms with Crippen LogP contribution in [0, 0.1) is 12.8 Å². The highest BCUT2D eigenvalue weighted by Gasteiger charge is 2.15. The van der Waals surface area contributed by atoms with Crippen molar-refractivity contribution in [1.82, 2.24) is 4.98 Å². The largest absolute Gasteiger partial charge is 0.388 e. The predicted octanol–water partition coefficient (Wildman–Crippen LogP) is 2.05. The van der Waals surface area contributed by atoms with Gasteiger partial charge in [0.2, 0.25) is 0 Å². The molecule has 0 saturated heterocycles. The summed E-state index contributed by atoms with van der Waals surface area (Å²) in [6.45, 7) is 6.09. The lowest BCUT2D eigenvalue weighted by atomic mass is 9.97. The SMILES string of the molecule is Cc1ccnc(N)c1C(O)CC(C)C. The second kappa shape index (κ2) is 4.42. The predicted molar refractivity (Wildman–Crippen MR) is 57.8 cm³/mol. The molecule has 3 heteroatoms. The summed E-state index contributed by atoms with van der Waals surface area (Å²) in [5.74, 6) is 0.891. The fraction of sp³-hybridized carbons (Fsp3) is 0.545. The third kappa shape index (κ3) is 2.45. The van der Waals surface area contributed by atoms with Crippen LogP contribution in [0.2, 0.25) is 0 Å². The lowest BCUT2D eigenvalue weighted by Crippen LogP contribution is -2.08. The molecular weight excluding hydrogens is 176 g/mol. The molecule has 0 spiro atoms. The monoisotopic (exact) mass is 194 g/mol. The Hall–Kier alpha value is -1.09. The van der Waals surface area contributed by atoms with Crippen LogP contribution in [0.1, 0.15) is 37.5 Å². The molecule has 0 saturated carbocycles. The topological polar surface area (TPSA) is 59.1 Å². The first-order valence-electron chi connectivity index (χ1n) is 4.91. The summed E-state index contributed by atoms with van der Waals surface area (Å²) in [5, 5.41) is 9.93. The van der Waals surface area contributed by atoms with Crippen molar-refractivity contribution in [2.24, 2.45) is 5.92 Å². The summed E-state index contributed by atoms with van der Waals surface area (Å²) in [7, 11) is 0. The van der Waals surface area contributed by atoms with Crippen molar-refractivity contribution in [3.63, 3.8) is 0 Å². The van der Waals surface area contributed by atoms with E-state index in [2.05, 4.69) is 18.8 Å². The molecule has 1 unspecified atom stereocenters. The van der Waals surface area contributed by atoms with E-state index in [-0.39, 0.29) is 0 Å². The number of rotatable bonds is 3. The number of hydrogen-bond acceptors (Lipinski definition) is 3. The van der Waals surface area contributed by atoms with Crippen LogP contribution in [0.25, 0.3) is 0 Å². The van der Waals surface area contributed by atoms with Gasteiger partial charge in [-0.15, -0.1) is 0 Å². The van der Waals surface area contributed by atoms with Crippen molar-refractivity contribution >= 4 is 5.82 Å². The molecule has 78 valence electrons. The fourth-order valence-electron chi connectivity index (χ4n) is 1.59. The highest BCUT2D eigenvalue weighted by molar-refractivity contribution is 5.45. The van der Waals surface area contributed by atoms with E-state index >= 15 is 0 Å². The van der Waals surface area contributed by atoms with Gasteiger partial charge in [0, 0.05) is 11.8 Å². The van der Waals surface area contributed by atoms with Gasteiger partial charge in [-0.1, -0.05) is 13.8 Å². The van der Waals surface area contributed by atoms with Crippen molar-refractivity contribution in [1.29, 1.82) is 0 Å². The lowest BCUT2D eigenvalue weighted by Gasteiger charge is -2.16. The number of anilines is 1. The number of nitrogens with zero attached hydrogens (tertiary/aromatic N) is 1. The van der Waals surface area contributed by atoms with Crippen molar-refractivity contribution < 1.29 is 5.11 Å². The maximum absolute atomic E-state index is 9.93. The van der Waals surface area contributed by atoms with E-state index in [1.165, 1.54) is 0 Å². The van der Waals surface area contributed by atoms with Crippen LogP contribution in [0.3, 0.4) is 0 Å². The number of aliphatic hydroxyl groups is 1. The van der Waals surface area contributed by atoms with Gasteiger partial charge in [0.25, 0.3) is 0 Å². The van der Waals surface area contributed by atoms with Gasteiger partial charge in [-0.2, -0.15) is 0 Å². The molecule has 0 bridgehead atoms. The maximum Gasteiger partial charge on any atom is 0.129 e. The Kier molecular flexibility index (Phi) is 3.47. The molecule has 0 aromatic carbocycles. The van der Waals surface area contributed by atoms with Gasteiger partial charge in [-0.3, -0.25) is 0 Å². The van der Waals surface area contributed by atoms with Gasteiger partial charge >= 0.3 is 0 Å². The number of aryl methyl sites for hydroxylation is 1. The molecule has 0 aliphatic heterocycles. The van der Waals surface area contributed by atoms with E-state index < -0.39 is 6.10 Å². The molecule has 14 heavy (non-hydrogen) atoms. The molecule has 3 nitrogen and oxygen atoms in total. The fourth-order valence-corrected chi connectivity index (χ4v) is 1.59. The van der Waals surface area contributed by atoms with E-state index in [1.807, 2.05) is 13.0 Å². The summed E-state index contributed by atoms with van der Waals surface area (Å²) in [4.78, 5) is 3.99. The zero-order chi connectivity index (χ0) is 10.7. The quantitative estimate of drug-likeness (QED) is 0.774. The molecule has 0 amide bonds. The molecule has 1 heterocycles. The van der Waals surface area contributed by atoms with Gasteiger partial charge < -0.3 is 10.8 Å². The van der Waals surface area contributed by atoms with Crippen molar-refractivity contribution in [3.05, 3.63) is 23.4 Å². The molecule has 1 aromatic heterocycles. The van der Waals surface area contributed by atoms with Crippen molar-refractivity contribution in [2.45, 2.75) is 33.3 Å². The first-order valence-corrected chi connectivity index (χ1v) is 4.91. The highest BCUT2D eigenvalue weighted by atomic mass is 16.3. The van der Waals surface area contributed by atoms with Crippen molar-refractivity contribution in [3.8, 4) is 0 Å². The number of hydrogen-bond donors (Lipinski definition) is 2. The molecule has 0 fully saturated rings. The zero-order valence-corrected chi connectivity index (χ0v) is 8.99. The molecule has 1 rings (SSSR count). The molecule has 3 N–H and O–H groups in total. The number of pyridine rings is 1. The van der Waals surface area contributed by atoms with Gasteiger partial charge in [0.1, 0.15) is 5.82 Å². The second-order valence-corrected chi connectivity index (χ2v) is 4.07. The van der Waals surface area contributed by atoms with Crippen LogP contribution < -0.4 is 5.73 Å². The molecular formula is C11H18N2O. The zero-order valence-electron chi connectivity index (χ0n) is 8.99. The Morgan fingerprint density at radius 3 is 2.64 bits per heavy atom. The maximum atomic E-state index is 9.93. The van der Waals surface area contributed by atoms with Crippen LogP contribution in [0.5, 0.6) is 0 Å². The Balaban J connectivity index is 2.94. The number of aromatic nitrogens is 1. The minimum Gasteiger partial charge on any atom is -0.388 e. The number of nitrogen functional groups attached to an aromatic ring is 1. The standard InChI is InChI=1S/C11H18N2O/c1-7(2)6-9(14)10-8(3)4-5-13-11(10)12/h4-5,7,9,14H,6H2,1-3H3,(H2,12,13). The minimum atomic E-state index is -0.497. The van der Waals surface area contributed by atoms with E-state index in [4.69, 9.17) is 5.73 Å². The summed E-state index contributed by atoms with van der Waals surface area (Å²) in [5.41, 5.74) is 7.51. The second-order valence-electron chi connectivity index (χ2n) is 4.07. The van der Waals surface area contributed by atoms with Gasteiger partial charge in [0.05, 0.1) is 6.10 Å².